The van der Waals surface area contributed by atoms with Crippen molar-refractivity contribution in [3.05, 3.63) is 97.2 Å². The molecule has 14 nitrogen and oxygen atoms in total. The SMILES string of the molecule is CC/C=C\C/C=C\C/C=C\CCCCCCCC(=O)O[C@H](COC(=O)CCC/C=C\C/C=C\C/C=C\C/C=C\C=C\[C@@H](O)CC)COP(=O)(O)OC[C@@H](O)COP(=O)(O)O. The predicted molar refractivity (Wildman–Crippen MR) is 236 cm³/mol. The maximum Gasteiger partial charge on any atom is 0.472 e. The molecule has 0 amide bonds. The molecule has 342 valence electrons. The van der Waals surface area contributed by atoms with Crippen LogP contribution in [0.15, 0.2) is 97.2 Å². The summed E-state index contributed by atoms with van der Waals surface area (Å²) >= 11 is 0. The van der Waals surface area contributed by atoms with Crippen LogP contribution < -0.4 is 0 Å². The molecule has 4 atom stereocenters. The van der Waals surface area contributed by atoms with Crippen LogP contribution in [0.4, 0.5) is 0 Å². The average Bonchev–Trinajstić information content (AvgIpc) is 3.21. The lowest BCUT2D eigenvalue weighted by Gasteiger charge is -2.20. The minimum atomic E-state index is -4.88. The summed E-state index contributed by atoms with van der Waals surface area (Å²) in [7, 11) is -9.72. The topological polar surface area (TPSA) is 216 Å². The first-order valence-electron chi connectivity index (χ1n) is 21.0. The molecule has 5 N–H and O–H groups in total. The van der Waals surface area contributed by atoms with Gasteiger partial charge in [-0.05, 0) is 77.0 Å². The number of aliphatic hydroxyl groups is 2. The number of esters is 2. The third kappa shape index (κ3) is 41.7. The highest BCUT2D eigenvalue weighted by Crippen LogP contribution is 2.43. The zero-order valence-corrected chi connectivity index (χ0v) is 37.4. The fraction of sp³-hybridized carbons (Fsp3) is 0.591. The molecule has 0 aliphatic heterocycles. The van der Waals surface area contributed by atoms with Crippen LogP contribution >= 0.6 is 15.6 Å². The number of aliphatic hydroxyl groups excluding tert-OH is 2. The van der Waals surface area contributed by atoms with Gasteiger partial charge in [-0.1, -0.05) is 130 Å². The summed E-state index contributed by atoms with van der Waals surface area (Å²) in [5.41, 5.74) is 0. The van der Waals surface area contributed by atoms with Gasteiger partial charge >= 0.3 is 27.6 Å². The molecule has 1 unspecified atom stereocenters. The van der Waals surface area contributed by atoms with Gasteiger partial charge in [0.2, 0.25) is 0 Å². The molecule has 0 radical (unpaired) electrons. The summed E-state index contributed by atoms with van der Waals surface area (Å²) in [6.45, 7) is 1.20. The van der Waals surface area contributed by atoms with Gasteiger partial charge < -0.3 is 34.4 Å². The Hall–Kier alpha value is -3.00. The number of ether oxygens (including phenoxy) is 2. The molecule has 0 bridgehead atoms. The molecule has 0 rings (SSSR count). The van der Waals surface area contributed by atoms with Gasteiger partial charge in [0, 0.05) is 12.8 Å². The van der Waals surface area contributed by atoms with E-state index in [0.717, 1.165) is 70.6 Å². The van der Waals surface area contributed by atoms with Crippen molar-refractivity contribution in [2.24, 2.45) is 0 Å². The molecule has 0 saturated heterocycles. The molecule has 0 aliphatic carbocycles. The first kappa shape index (κ1) is 57.0. The quantitative estimate of drug-likeness (QED) is 0.0128. The molecule has 0 aromatic rings. The van der Waals surface area contributed by atoms with E-state index in [2.05, 4.69) is 76.7 Å². The molecule has 0 saturated carbocycles. The molecule has 0 aliphatic rings. The summed E-state index contributed by atoms with van der Waals surface area (Å²) < 4.78 is 47.6. The fourth-order valence-corrected chi connectivity index (χ4v) is 5.97. The number of rotatable bonds is 38. The molecule has 16 heteroatoms. The number of allylic oxidation sites excluding steroid dienone is 15. The highest BCUT2D eigenvalue weighted by Gasteiger charge is 2.28. The third-order valence-corrected chi connectivity index (χ3v) is 9.55. The average molecular weight is 887 g/mol. The molecule has 0 spiro atoms. The summed E-state index contributed by atoms with van der Waals surface area (Å²) in [6, 6.07) is 0. The minimum absolute atomic E-state index is 0.0866. The van der Waals surface area contributed by atoms with Crippen LogP contribution in [0.3, 0.4) is 0 Å². The van der Waals surface area contributed by atoms with E-state index in [-0.39, 0.29) is 12.8 Å². The van der Waals surface area contributed by atoms with E-state index < -0.39 is 72.3 Å². The largest absolute Gasteiger partial charge is 0.472 e. The zero-order valence-electron chi connectivity index (χ0n) is 35.6. The van der Waals surface area contributed by atoms with Crippen molar-refractivity contribution in [3.63, 3.8) is 0 Å². The first-order valence-corrected chi connectivity index (χ1v) is 24.1. The van der Waals surface area contributed by atoms with E-state index in [4.69, 9.17) is 23.8 Å². The Kier molecular flexibility index (Phi) is 36.9. The Morgan fingerprint density at radius 3 is 1.65 bits per heavy atom. The Morgan fingerprint density at radius 1 is 0.550 bits per heavy atom. The minimum Gasteiger partial charge on any atom is -0.462 e. The summed E-state index contributed by atoms with van der Waals surface area (Å²) in [5, 5.41) is 19.2. The zero-order chi connectivity index (χ0) is 44.6. The number of hydrogen-bond donors (Lipinski definition) is 5. The molecule has 0 aromatic heterocycles. The van der Waals surface area contributed by atoms with Crippen molar-refractivity contribution < 1.29 is 66.7 Å². The van der Waals surface area contributed by atoms with Crippen LogP contribution in [-0.2, 0) is 41.8 Å². The standard InChI is InChI=1S/C44H72O14P2/c1-3-5-6-7-8-9-10-11-12-17-20-23-26-29-32-35-44(48)58-42(39-57-60(52,53)56-37-41(46)36-55-59(49,50)51)38-54-43(47)34-31-28-25-22-19-16-14-13-15-18-21-24-27-30-33-40(45)4-2/h5-6,8-9,11-12,14-16,18,22,24-25,27,30,33,40-42,45-46H,3-4,7,10,13,17,19-21,23,26,28-29,31-32,34-39H2,1-2H3,(H,52,53)(H2,49,50,51)/b6-5-,9-8-,12-11-,16-14-,18-15-,25-22-,27-24-,33-30+/t40-,41-,42+/m0/s1. The van der Waals surface area contributed by atoms with Crippen LogP contribution in [0.1, 0.15) is 123 Å². The third-order valence-electron chi connectivity index (χ3n) is 8.12. The van der Waals surface area contributed by atoms with Gasteiger partial charge in [0.15, 0.2) is 6.10 Å². The van der Waals surface area contributed by atoms with Crippen LogP contribution in [0.5, 0.6) is 0 Å². The number of phosphoric acid groups is 2. The van der Waals surface area contributed by atoms with Crippen LogP contribution in [0.2, 0.25) is 0 Å². The Bertz CT molecular complexity index is 1440. The number of carbonyl (C=O) groups excluding carboxylic acids is 2. The van der Waals surface area contributed by atoms with Crippen molar-refractivity contribution in [3.8, 4) is 0 Å². The highest BCUT2D eigenvalue weighted by molar-refractivity contribution is 7.47. The monoisotopic (exact) mass is 886 g/mol. The Balaban J connectivity index is 4.69. The van der Waals surface area contributed by atoms with Crippen molar-refractivity contribution >= 4 is 27.6 Å². The maximum absolute atomic E-state index is 12.6. The lowest BCUT2D eigenvalue weighted by molar-refractivity contribution is -0.161. The van der Waals surface area contributed by atoms with Gasteiger partial charge in [-0.2, -0.15) is 0 Å². The normalized spacial score (nSPS) is 15.5. The van der Waals surface area contributed by atoms with Gasteiger partial charge in [-0.3, -0.25) is 23.2 Å². The van der Waals surface area contributed by atoms with Crippen LogP contribution in [0, 0.1) is 0 Å². The molecule has 0 aromatic carbocycles. The van der Waals surface area contributed by atoms with Crippen molar-refractivity contribution in [1.29, 1.82) is 0 Å². The molecular formula is C44H72O14P2. The van der Waals surface area contributed by atoms with E-state index in [1.54, 1.807) is 6.08 Å². The second-order valence-corrected chi connectivity index (χ2v) is 16.4. The highest BCUT2D eigenvalue weighted by atomic mass is 31.2. The Morgan fingerprint density at radius 2 is 1.05 bits per heavy atom. The first-order chi connectivity index (χ1) is 28.8. The van der Waals surface area contributed by atoms with Gasteiger partial charge in [-0.25, -0.2) is 9.13 Å². The second-order valence-electron chi connectivity index (χ2n) is 13.7. The van der Waals surface area contributed by atoms with E-state index in [9.17, 15) is 33.8 Å². The summed E-state index contributed by atoms with van der Waals surface area (Å²) in [6.07, 6.45) is 42.2. The number of hydrogen-bond acceptors (Lipinski definition) is 11. The fourth-order valence-electron chi connectivity index (χ4n) is 4.82. The lowest BCUT2D eigenvalue weighted by atomic mass is 10.1. The number of carbonyl (C=O) groups is 2. The molecule has 60 heavy (non-hydrogen) atoms. The van der Waals surface area contributed by atoms with Gasteiger partial charge in [0.05, 0.1) is 25.9 Å². The summed E-state index contributed by atoms with van der Waals surface area (Å²) in [4.78, 5) is 52.6. The van der Waals surface area contributed by atoms with Gasteiger partial charge in [0.25, 0.3) is 0 Å². The Labute approximate surface area is 358 Å². The van der Waals surface area contributed by atoms with Crippen LogP contribution in [0.25, 0.3) is 0 Å². The van der Waals surface area contributed by atoms with E-state index in [1.165, 1.54) is 0 Å². The molecular weight excluding hydrogens is 814 g/mol. The van der Waals surface area contributed by atoms with Crippen molar-refractivity contribution in [2.75, 3.05) is 26.4 Å². The van der Waals surface area contributed by atoms with E-state index >= 15 is 0 Å². The maximum atomic E-state index is 12.6. The second kappa shape index (κ2) is 38.9. The molecule has 0 heterocycles. The van der Waals surface area contributed by atoms with Crippen LogP contribution in [-0.4, -0.2) is 81.6 Å². The van der Waals surface area contributed by atoms with Crippen molar-refractivity contribution in [1.82, 2.24) is 0 Å². The summed E-state index contributed by atoms with van der Waals surface area (Å²) in [5.74, 6) is -1.15. The van der Waals surface area contributed by atoms with Gasteiger partial charge in [-0.15, -0.1) is 0 Å². The van der Waals surface area contributed by atoms with E-state index in [0.29, 0.717) is 25.7 Å². The predicted octanol–water partition coefficient (Wildman–Crippen LogP) is 9.53. The smallest absolute Gasteiger partial charge is 0.462 e. The van der Waals surface area contributed by atoms with E-state index in [1.807, 2.05) is 37.3 Å². The van der Waals surface area contributed by atoms with Gasteiger partial charge in [0.1, 0.15) is 12.7 Å². The number of phosphoric ester groups is 2. The molecule has 0 fully saturated rings. The number of unbranched alkanes of at least 4 members (excludes halogenated alkanes) is 6. The van der Waals surface area contributed by atoms with Crippen molar-refractivity contribution in [2.45, 2.75) is 141 Å². The lowest BCUT2D eigenvalue weighted by Crippen LogP contribution is -2.30.